The van der Waals surface area contributed by atoms with Gasteiger partial charge in [-0.05, 0) is 41.9 Å². The Hall–Kier alpha value is -3.87. The third-order valence-corrected chi connectivity index (χ3v) is 13.8. The third kappa shape index (κ3) is 7.43. The van der Waals surface area contributed by atoms with Gasteiger partial charge in [-0.25, -0.2) is 19.7 Å². The maximum atomic E-state index is 13.1. The van der Waals surface area contributed by atoms with Gasteiger partial charge in [0.25, 0.3) is 5.56 Å². The summed E-state index contributed by atoms with van der Waals surface area (Å²) < 4.78 is 8.26. The number of hydrogen-bond acceptors (Lipinski definition) is 9. The van der Waals surface area contributed by atoms with Gasteiger partial charge in [-0.3, -0.25) is 4.79 Å². The Balaban J connectivity index is 1.79. The highest BCUT2D eigenvalue weighted by Gasteiger charge is 2.37. The average Bonchev–Trinajstić information content (AvgIpc) is 3.39. The Morgan fingerprint density at radius 3 is 2.45 bits per heavy atom. The summed E-state index contributed by atoms with van der Waals surface area (Å²) in [6, 6.07) is 9.45. The molecule has 0 spiro atoms. The fourth-order valence-corrected chi connectivity index (χ4v) is 6.22. The summed E-state index contributed by atoms with van der Waals surface area (Å²) in [7, 11) is -0.423. The lowest BCUT2D eigenvalue weighted by Gasteiger charge is -2.36. The fraction of sp³-hybridized carbons (Fsp3) is 0.406. The molecule has 0 amide bonds. The van der Waals surface area contributed by atoms with Crippen molar-refractivity contribution in [3.8, 4) is 11.1 Å². The van der Waals surface area contributed by atoms with E-state index in [2.05, 4.69) is 59.5 Å². The van der Waals surface area contributed by atoms with Gasteiger partial charge in [0.05, 0.1) is 23.0 Å². The number of aromatic nitrogens is 4. The molecule has 4 rings (SSSR count). The predicted octanol–water partition coefficient (Wildman–Crippen LogP) is 7.17. The van der Waals surface area contributed by atoms with E-state index in [9.17, 15) is 14.7 Å². The molecule has 4 aromatic rings. The summed E-state index contributed by atoms with van der Waals surface area (Å²) in [5, 5.41) is 17.3. The van der Waals surface area contributed by atoms with Crippen LogP contribution in [0.1, 0.15) is 67.5 Å². The molecule has 0 aliphatic rings. The SMILES string of the molecule is Cn1cc(-c2cccc(NCc3sc(C(C)(C)C)nc3C(=O)O)c2CO[Si](C)(C)C(C)(C)C)cc(Nc2ccncn2)c1=O. The van der Waals surface area contributed by atoms with Gasteiger partial charge in [0.1, 0.15) is 17.8 Å². The molecule has 0 aliphatic carbocycles. The minimum absolute atomic E-state index is 0.00317. The lowest BCUT2D eigenvalue weighted by molar-refractivity contribution is 0.0690. The van der Waals surface area contributed by atoms with Crippen LogP contribution in [0.4, 0.5) is 17.2 Å². The number of rotatable bonds is 10. The minimum atomic E-state index is -2.14. The van der Waals surface area contributed by atoms with E-state index in [1.54, 1.807) is 23.9 Å². The molecule has 0 radical (unpaired) electrons. The standard InChI is InChI=1S/C32H42N6O4SSi/c1-31(2,3)30-37-27(29(40)41)25(43-30)16-34-23-12-10-11-21(22(23)18-42-44(8,9)32(4,5)6)20-15-24(28(39)38(7)17-20)36-26-13-14-33-19-35-26/h10-15,17,19,34H,16,18H2,1-9H3,(H,40,41)(H,33,35,36). The number of benzene rings is 1. The zero-order chi connectivity index (χ0) is 32.4. The van der Waals surface area contributed by atoms with Crippen molar-refractivity contribution in [1.29, 1.82) is 0 Å². The summed E-state index contributed by atoms with van der Waals surface area (Å²) in [4.78, 5) is 38.4. The third-order valence-electron chi connectivity index (χ3n) is 7.88. The molecule has 0 unspecified atom stereocenters. The number of carboxylic acid groups (broad SMARTS) is 1. The van der Waals surface area contributed by atoms with E-state index in [-0.39, 0.29) is 21.7 Å². The fourth-order valence-electron chi connectivity index (χ4n) is 4.23. The molecule has 3 heterocycles. The van der Waals surface area contributed by atoms with Crippen LogP contribution in [0.15, 0.2) is 53.8 Å². The molecule has 10 nitrogen and oxygen atoms in total. The molecular formula is C32H42N6O4SSi. The Labute approximate surface area is 263 Å². The van der Waals surface area contributed by atoms with Crippen molar-refractivity contribution >= 4 is 42.8 Å². The van der Waals surface area contributed by atoms with Crippen LogP contribution in [0.3, 0.4) is 0 Å². The second kappa shape index (κ2) is 12.6. The van der Waals surface area contributed by atoms with Crippen molar-refractivity contribution in [2.45, 2.75) is 78.2 Å². The molecule has 234 valence electrons. The molecule has 0 aliphatic heterocycles. The number of aryl methyl sites for hydroxylation is 1. The van der Waals surface area contributed by atoms with Crippen molar-refractivity contribution in [2.24, 2.45) is 7.05 Å². The lowest BCUT2D eigenvalue weighted by atomic mass is 9.98. The maximum Gasteiger partial charge on any atom is 0.355 e. The number of aromatic carboxylic acids is 1. The van der Waals surface area contributed by atoms with Crippen LogP contribution in [0.5, 0.6) is 0 Å². The Kier molecular flexibility index (Phi) is 9.48. The zero-order valence-corrected chi connectivity index (χ0v) is 28.7. The number of carbonyl (C=O) groups is 1. The quantitative estimate of drug-likeness (QED) is 0.155. The first-order valence-corrected chi connectivity index (χ1v) is 18.2. The van der Waals surface area contributed by atoms with Gasteiger partial charge < -0.3 is 24.7 Å². The number of carboxylic acids is 1. The predicted molar refractivity (Wildman–Crippen MR) is 180 cm³/mol. The molecule has 44 heavy (non-hydrogen) atoms. The van der Waals surface area contributed by atoms with Gasteiger partial charge in [0, 0.05) is 41.7 Å². The second-order valence-corrected chi connectivity index (χ2v) is 19.3. The summed E-state index contributed by atoms with van der Waals surface area (Å²) in [5.74, 6) is -0.530. The van der Waals surface area contributed by atoms with E-state index >= 15 is 0 Å². The average molecular weight is 635 g/mol. The van der Waals surface area contributed by atoms with E-state index in [1.807, 2.05) is 51.2 Å². The lowest BCUT2D eigenvalue weighted by Crippen LogP contribution is -2.40. The smallest absolute Gasteiger partial charge is 0.355 e. The van der Waals surface area contributed by atoms with Crippen molar-refractivity contribution < 1.29 is 14.3 Å². The molecule has 12 heteroatoms. The molecule has 3 aromatic heterocycles. The van der Waals surface area contributed by atoms with Gasteiger partial charge in [-0.15, -0.1) is 11.3 Å². The first kappa shape index (κ1) is 33.0. The summed E-state index contributed by atoms with van der Waals surface area (Å²) in [5.41, 5.74) is 3.44. The largest absolute Gasteiger partial charge is 0.476 e. The topological polar surface area (TPSA) is 131 Å². The van der Waals surface area contributed by atoms with Gasteiger partial charge in [0.2, 0.25) is 0 Å². The van der Waals surface area contributed by atoms with Crippen LogP contribution in [0.25, 0.3) is 11.1 Å². The molecule has 0 saturated carbocycles. The molecule has 0 fully saturated rings. The highest BCUT2D eigenvalue weighted by molar-refractivity contribution is 7.12. The van der Waals surface area contributed by atoms with Crippen molar-refractivity contribution in [3.63, 3.8) is 0 Å². The Morgan fingerprint density at radius 2 is 1.84 bits per heavy atom. The number of hydrogen-bond donors (Lipinski definition) is 3. The minimum Gasteiger partial charge on any atom is -0.476 e. The van der Waals surface area contributed by atoms with Crippen LogP contribution in [-0.4, -0.2) is 38.9 Å². The molecule has 0 atom stereocenters. The molecule has 0 saturated heterocycles. The normalized spacial score (nSPS) is 12.3. The monoisotopic (exact) mass is 634 g/mol. The number of nitrogens with one attached hydrogen (secondary N) is 2. The van der Waals surface area contributed by atoms with Crippen LogP contribution in [0.2, 0.25) is 18.1 Å². The van der Waals surface area contributed by atoms with Gasteiger partial charge in [-0.2, -0.15) is 0 Å². The van der Waals surface area contributed by atoms with Crippen LogP contribution in [0, 0.1) is 0 Å². The Morgan fingerprint density at radius 1 is 1.11 bits per heavy atom. The summed E-state index contributed by atoms with van der Waals surface area (Å²) in [6.45, 7) is 17.7. The van der Waals surface area contributed by atoms with Crippen LogP contribution < -0.4 is 16.2 Å². The van der Waals surface area contributed by atoms with Gasteiger partial charge in [-0.1, -0.05) is 53.7 Å². The van der Waals surface area contributed by atoms with E-state index in [4.69, 9.17) is 4.43 Å². The molecule has 1 aromatic carbocycles. The van der Waals surface area contributed by atoms with Crippen LogP contribution >= 0.6 is 11.3 Å². The number of thiazole rings is 1. The number of pyridine rings is 1. The summed E-state index contributed by atoms with van der Waals surface area (Å²) in [6.07, 6.45) is 4.84. The van der Waals surface area contributed by atoms with E-state index < -0.39 is 14.3 Å². The first-order chi connectivity index (χ1) is 20.5. The molecule has 0 bridgehead atoms. The highest BCUT2D eigenvalue weighted by Crippen LogP contribution is 2.39. The van der Waals surface area contributed by atoms with E-state index in [1.165, 1.54) is 17.7 Å². The Bertz CT molecular complexity index is 1700. The van der Waals surface area contributed by atoms with E-state index in [0.717, 1.165) is 27.4 Å². The van der Waals surface area contributed by atoms with E-state index in [0.29, 0.717) is 29.5 Å². The first-order valence-electron chi connectivity index (χ1n) is 14.5. The van der Waals surface area contributed by atoms with Crippen LogP contribution in [-0.2, 0) is 30.0 Å². The van der Waals surface area contributed by atoms with Crippen molar-refractivity contribution in [1.82, 2.24) is 19.5 Å². The zero-order valence-electron chi connectivity index (χ0n) is 26.9. The maximum absolute atomic E-state index is 13.1. The number of nitrogens with zero attached hydrogens (tertiary/aromatic N) is 4. The van der Waals surface area contributed by atoms with Crippen molar-refractivity contribution in [3.05, 3.63) is 80.5 Å². The van der Waals surface area contributed by atoms with Gasteiger partial charge in [0.15, 0.2) is 14.0 Å². The summed E-state index contributed by atoms with van der Waals surface area (Å²) >= 11 is 1.41. The van der Waals surface area contributed by atoms with Crippen molar-refractivity contribution in [2.75, 3.05) is 10.6 Å². The highest BCUT2D eigenvalue weighted by atomic mass is 32.1. The number of anilines is 3. The molecular weight excluding hydrogens is 593 g/mol. The van der Waals surface area contributed by atoms with Gasteiger partial charge >= 0.3 is 5.97 Å². The second-order valence-electron chi connectivity index (χ2n) is 13.4. The molecule has 3 N–H and O–H groups in total.